The Balaban J connectivity index is 2.45. The lowest BCUT2D eigenvalue weighted by Crippen LogP contribution is -2.46. The van der Waals surface area contributed by atoms with Gasteiger partial charge in [-0.05, 0) is 39.3 Å². The van der Waals surface area contributed by atoms with E-state index in [0.717, 1.165) is 35.7 Å². The van der Waals surface area contributed by atoms with E-state index < -0.39 is 0 Å². The monoisotopic (exact) mass is 279 g/mol. The first-order valence-corrected chi connectivity index (χ1v) is 6.97. The molecular weight excluding hydrogens is 258 g/mol. The molecule has 2 atom stereocenters. The molecule has 1 saturated heterocycles. The molecule has 2 rings (SSSR count). The van der Waals surface area contributed by atoms with Crippen LogP contribution in [0.15, 0.2) is 6.07 Å². The van der Waals surface area contributed by atoms with Crippen molar-refractivity contribution in [1.82, 2.24) is 4.98 Å². The number of thiocarbonyl (C=S) groups is 1. The SMILES string of the molecule is Cc1cc(C)c(C(N)=S)c(N2C[C@@H](C)O[C@@H](C)C2)n1. The summed E-state index contributed by atoms with van der Waals surface area (Å²) in [7, 11) is 0. The summed E-state index contributed by atoms with van der Waals surface area (Å²) in [5.74, 6) is 0.895. The van der Waals surface area contributed by atoms with Crippen LogP contribution < -0.4 is 10.6 Å². The number of nitrogens with zero attached hydrogens (tertiary/aromatic N) is 2. The molecule has 1 fully saturated rings. The Labute approximate surface area is 120 Å². The van der Waals surface area contributed by atoms with Crippen LogP contribution in [0.2, 0.25) is 0 Å². The van der Waals surface area contributed by atoms with E-state index in [1.165, 1.54) is 0 Å². The molecule has 0 radical (unpaired) electrons. The predicted octanol–water partition coefficient (Wildman–Crippen LogP) is 1.95. The number of hydrogen-bond acceptors (Lipinski definition) is 4. The molecule has 0 aliphatic carbocycles. The predicted molar refractivity (Wildman–Crippen MR) is 81.8 cm³/mol. The highest BCUT2D eigenvalue weighted by atomic mass is 32.1. The Kier molecular flexibility index (Phi) is 4.06. The summed E-state index contributed by atoms with van der Waals surface area (Å²) >= 11 is 5.19. The Bertz CT molecular complexity index is 494. The fourth-order valence-corrected chi connectivity index (χ4v) is 2.95. The minimum Gasteiger partial charge on any atom is -0.389 e. The lowest BCUT2D eigenvalue weighted by molar-refractivity contribution is -0.00547. The molecule has 1 aromatic heterocycles. The van der Waals surface area contributed by atoms with Crippen LogP contribution in [0, 0.1) is 13.8 Å². The summed E-state index contributed by atoms with van der Waals surface area (Å²) in [4.78, 5) is 7.29. The van der Waals surface area contributed by atoms with Gasteiger partial charge in [-0.15, -0.1) is 0 Å². The number of ether oxygens (including phenoxy) is 1. The van der Waals surface area contributed by atoms with Crippen molar-refractivity contribution in [3.05, 3.63) is 22.9 Å². The van der Waals surface area contributed by atoms with Crippen LogP contribution in [-0.2, 0) is 4.74 Å². The van der Waals surface area contributed by atoms with Gasteiger partial charge in [-0.1, -0.05) is 12.2 Å². The van der Waals surface area contributed by atoms with Crippen LogP contribution in [0.25, 0.3) is 0 Å². The van der Waals surface area contributed by atoms with Crippen LogP contribution >= 0.6 is 12.2 Å². The Hall–Kier alpha value is -1.20. The molecule has 5 heteroatoms. The average Bonchev–Trinajstić information content (AvgIpc) is 2.25. The first kappa shape index (κ1) is 14.2. The number of nitrogens with two attached hydrogens (primary N) is 1. The van der Waals surface area contributed by atoms with E-state index in [-0.39, 0.29) is 12.2 Å². The minimum absolute atomic E-state index is 0.186. The van der Waals surface area contributed by atoms with Crippen LogP contribution in [0.4, 0.5) is 5.82 Å². The van der Waals surface area contributed by atoms with Crippen molar-refractivity contribution in [3.8, 4) is 0 Å². The molecular formula is C14H21N3OS. The third kappa shape index (κ3) is 3.04. The largest absolute Gasteiger partial charge is 0.389 e. The summed E-state index contributed by atoms with van der Waals surface area (Å²) in [6.45, 7) is 9.80. The van der Waals surface area contributed by atoms with Crippen molar-refractivity contribution in [3.63, 3.8) is 0 Å². The number of anilines is 1. The van der Waals surface area contributed by atoms with E-state index in [0.29, 0.717) is 4.99 Å². The summed E-state index contributed by atoms with van der Waals surface area (Å²) in [6.07, 6.45) is 0.371. The van der Waals surface area contributed by atoms with E-state index >= 15 is 0 Å². The second-order valence-corrected chi connectivity index (χ2v) is 5.75. The molecule has 0 bridgehead atoms. The van der Waals surface area contributed by atoms with E-state index in [1.54, 1.807) is 0 Å². The van der Waals surface area contributed by atoms with Crippen LogP contribution in [-0.4, -0.2) is 35.3 Å². The lowest BCUT2D eigenvalue weighted by Gasteiger charge is -2.37. The fourth-order valence-electron chi connectivity index (χ4n) is 2.70. The van der Waals surface area contributed by atoms with Gasteiger partial charge in [-0.25, -0.2) is 4.98 Å². The molecule has 1 aliphatic heterocycles. The topological polar surface area (TPSA) is 51.4 Å². The molecule has 0 saturated carbocycles. The second-order valence-electron chi connectivity index (χ2n) is 5.31. The number of pyridine rings is 1. The standard InChI is InChI=1S/C14H21N3OS/c1-8-5-9(2)16-14(12(8)13(15)19)17-6-10(3)18-11(4)7-17/h5,10-11H,6-7H2,1-4H3,(H2,15,19)/t10-,11+. The second kappa shape index (κ2) is 5.43. The molecule has 1 aromatic rings. The number of aromatic nitrogens is 1. The zero-order chi connectivity index (χ0) is 14.2. The number of morpholine rings is 1. The van der Waals surface area contributed by atoms with E-state index in [2.05, 4.69) is 23.7 Å². The maximum absolute atomic E-state index is 5.87. The lowest BCUT2D eigenvalue weighted by atomic mass is 10.1. The smallest absolute Gasteiger partial charge is 0.139 e. The summed E-state index contributed by atoms with van der Waals surface area (Å²) < 4.78 is 5.77. The van der Waals surface area contributed by atoms with Crippen LogP contribution in [0.3, 0.4) is 0 Å². The van der Waals surface area contributed by atoms with E-state index in [1.807, 2.05) is 19.9 Å². The summed E-state index contributed by atoms with van der Waals surface area (Å²) in [5, 5.41) is 0. The van der Waals surface area contributed by atoms with Gasteiger partial charge in [0.2, 0.25) is 0 Å². The molecule has 4 nitrogen and oxygen atoms in total. The fraction of sp³-hybridized carbons (Fsp3) is 0.571. The van der Waals surface area contributed by atoms with E-state index in [9.17, 15) is 0 Å². The zero-order valence-electron chi connectivity index (χ0n) is 11.9. The maximum Gasteiger partial charge on any atom is 0.139 e. The summed E-state index contributed by atoms with van der Waals surface area (Å²) in [5.41, 5.74) is 8.84. The maximum atomic E-state index is 5.87. The first-order chi connectivity index (χ1) is 8.88. The molecule has 0 amide bonds. The molecule has 2 N–H and O–H groups in total. The van der Waals surface area contributed by atoms with Gasteiger partial charge in [0.1, 0.15) is 10.8 Å². The van der Waals surface area contributed by atoms with Crippen molar-refractivity contribution in [2.45, 2.75) is 39.9 Å². The molecule has 2 heterocycles. The Morgan fingerprint density at radius 3 is 2.47 bits per heavy atom. The van der Waals surface area contributed by atoms with Gasteiger partial charge < -0.3 is 15.4 Å². The third-order valence-electron chi connectivity index (χ3n) is 3.29. The molecule has 0 aromatic carbocycles. The van der Waals surface area contributed by atoms with Crippen molar-refractivity contribution in [2.24, 2.45) is 5.73 Å². The first-order valence-electron chi connectivity index (χ1n) is 6.57. The molecule has 1 aliphatic rings. The quantitative estimate of drug-likeness (QED) is 0.839. The van der Waals surface area contributed by atoms with Crippen molar-refractivity contribution in [1.29, 1.82) is 0 Å². The minimum atomic E-state index is 0.186. The van der Waals surface area contributed by atoms with Gasteiger partial charge >= 0.3 is 0 Å². The molecule has 0 unspecified atom stereocenters. The zero-order valence-corrected chi connectivity index (χ0v) is 12.8. The van der Waals surface area contributed by atoms with Crippen LogP contribution in [0.1, 0.15) is 30.7 Å². The van der Waals surface area contributed by atoms with Gasteiger partial charge in [-0.2, -0.15) is 0 Å². The molecule has 104 valence electrons. The Morgan fingerprint density at radius 2 is 1.95 bits per heavy atom. The van der Waals surface area contributed by atoms with Gasteiger partial charge in [0.05, 0.1) is 17.8 Å². The van der Waals surface area contributed by atoms with Gasteiger partial charge in [-0.3, -0.25) is 0 Å². The van der Waals surface area contributed by atoms with E-state index in [4.69, 9.17) is 22.7 Å². The highest BCUT2D eigenvalue weighted by molar-refractivity contribution is 7.80. The third-order valence-corrected chi connectivity index (χ3v) is 3.50. The van der Waals surface area contributed by atoms with Gasteiger partial charge in [0, 0.05) is 18.8 Å². The Morgan fingerprint density at radius 1 is 1.37 bits per heavy atom. The molecule has 19 heavy (non-hydrogen) atoms. The normalized spacial score (nSPS) is 23.5. The average molecular weight is 279 g/mol. The van der Waals surface area contributed by atoms with Crippen molar-refractivity contribution >= 4 is 23.0 Å². The molecule has 0 spiro atoms. The summed E-state index contributed by atoms with van der Waals surface area (Å²) in [6, 6.07) is 2.02. The van der Waals surface area contributed by atoms with Crippen LogP contribution in [0.5, 0.6) is 0 Å². The van der Waals surface area contributed by atoms with Gasteiger partial charge in [0.25, 0.3) is 0 Å². The number of hydrogen-bond donors (Lipinski definition) is 1. The van der Waals surface area contributed by atoms with Crippen molar-refractivity contribution < 1.29 is 4.74 Å². The highest BCUT2D eigenvalue weighted by Crippen LogP contribution is 2.25. The van der Waals surface area contributed by atoms with Crippen molar-refractivity contribution in [2.75, 3.05) is 18.0 Å². The number of aryl methyl sites for hydroxylation is 2. The highest BCUT2D eigenvalue weighted by Gasteiger charge is 2.26. The number of rotatable bonds is 2. The van der Waals surface area contributed by atoms with Gasteiger partial charge in [0.15, 0.2) is 0 Å².